The summed E-state index contributed by atoms with van der Waals surface area (Å²) >= 11 is 0. The number of anilines is 1. The van der Waals surface area contributed by atoms with Gasteiger partial charge < -0.3 is 5.32 Å². The monoisotopic (exact) mass is 257 g/mol. The summed E-state index contributed by atoms with van der Waals surface area (Å²) in [4.78, 5) is 12.3. The molecule has 0 spiro atoms. The van der Waals surface area contributed by atoms with Crippen molar-refractivity contribution in [3.63, 3.8) is 0 Å². The van der Waals surface area contributed by atoms with Crippen molar-refractivity contribution in [2.45, 2.75) is 58.3 Å². The van der Waals surface area contributed by atoms with Gasteiger partial charge in [-0.1, -0.05) is 49.8 Å². The van der Waals surface area contributed by atoms with Crippen LogP contribution in [-0.2, 0) is 4.79 Å². The lowest BCUT2D eigenvalue weighted by atomic mass is 9.80. The van der Waals surface area contributed by atoms with E-state index in [2.05, 4.69) is 31.3 Å². The molecule has 0 bridgehead atoms. The van der Waals surface area contributed by atoms with Crippen LogP contribution in [0.2, 0.25) is 0 Å². The van der Waals surface area contributed by atoms with Gasteiger partial charge in [0.05, 0.1) is 5.92 Å². The van der Waals surface area contributed by atoms with Gasteiger partial charge in [-0.05, 0) is 37.3 Å². The maximum absolute atomic E-state index is 12.3. The topological polar surface area (TPSA) is 29.1 Å². The van der Waals surface area contributed by atoms with E-state index >= 15 is 0 Å². The molecule has 102 valence electrons. The van der Waals surface area contributed by atoms with Gasteiger partial charge in [0.25, 0.3) is 0 Å². The van der Waals surface area contributed by atoms with Gasteiger partial charge >= 0.3 is 0 Å². The molecular weight excluding hydrogens is 234 g/mol. The number of rotatable bonds is 2. The summed E-state index contributed by atoms with van der Waals surface area (Å²) in [6.45, 7) is 4.21. The fraction of sp³-hybridized carbons (Fsp3) is 0.588. The lowest BCUT2D eigenvalue weighted by molar-refractivity contribution is -0.117. The number of hydrogen-bond acceptors (Lipinski definition) is 1. The first kappa shape index (κ1) is 12.7. The van der Waals surface area contributed by atoms with Crippen LogP contribution in [0.1, 0.15) is 61.1 Å². The van der Waals surface area contributed by atoms with Crippen LogP contribution in [0.4, 0.5) is 5.69 Å². The highest BCUT2D eigenvalue weighted by molar-refractivity contribution is 6.03. The molecule has 1 aromatic carbocycles. The molecule has 1 unspecified atom stereocenters. The van der Waals surface area contributed by atoms with Crippen LogP contribution in [0, 0.1) is 19.8 Å². The average Bonchev–Trinajstić information content (AvgIpc) is 2.69. The summed E-state index contributed by atoms with van der Waals surface area (Å²) in [7, 11) is 0. The van der Waals surface area contributed by atoms with E-state index in [0.29, 0.717) is 0 Å². The number of amides is 1. The minimum absolute atomic E-state index is 0.0942. The molecular formula is C17H23NO. The molecule has 1 heterocycles. The fourth-order valence-corrected chi connectivity index (χ4v) is 3.79. The van der Waals surface area contributed by atoms with Crippen LogP contribution >= 0.6 is 0 Å². The van der Waals surface area contributed by atoms with Gasteiger partial charge in [0.1, 0.15) is 0 Å². The Morgan fingerprint density at radius 1 is 1.16 bits per heavy atom. The Balaban J connectivity index is 1.85. The third-order valence-electron chi connectivity index (χ3n) is 4.74. The lowest BCUT2D eigenvalue weighted by Gasteiger charge is -2.23. The zero-order valence-corrected chi connectivity index (χ0v) is 12.0. The van der Waals surface area contributed by atoms with Gasteiger partial charge in [0.2, 0.25) is 5.91 Å². The minimum Gasteiger partial charge on any atom is -0.325 e. The number of hydrogen-bond donors (Lipinski definition) is 1. The van der Waals surface area contributed by atoms with Crippen LogP contribution in [0.5, 0.6) is 0 Å². The summed E-state index contributed by atoms with van der Waals surface area (Å²) in [5.41, 5.74) is 4.79. The van der Waals surface area contributed by atoms with Crippen LogP contribution < -0.4 is 5.32 Å². The first-order valence-corrected chi connectivity index (χ1v) is 7.57. The standard InChI is InChI=1S/C17H23NO/c1-11-8-12(2)16-14(9-11)15(17(19)18-16)10-13-6-4-3-5-7-13/h8-9,13,15H,3-7,10H2,1-2H3,(H,18,19). The molecule has 0 radical (unpaired) electrons. The molecule has 2 nitrogen and oxygen atoms in total. The average molecular weight is 257 g/mol. The number of carbonyl (C=O) groups excluding carboxylic acids is 1. The van der Waals surface area contributed by atoms with Crippen molar-refractivity contribution in [2.75, 3.05) is 5.32 Å². The molecule has 2 heteroatoms. The SMILES string of the molecule is Cc1cc(C)c2c(c1)C(CC1CCCCC1)C(=O)N2. The quantitative estimate of drug-likeness (QED) is 0.840. The van der Waals surface area contributed by atoms with Crippen molar-refractivity contribution in [1.82, 2.24) is 0 Å². The second-order valence-electron chi connectivity index (χ2n) is 6.33. The van der Waals surface area contributed by atoms with Crippen molar-refractivity contribution in [3.8, 4) is 0 Å². The summed E-state index contributed by atoms with van der Waals surface area (Å²) in [5, 5.41) is 3.09. The summed E-state index contributed by atoms with van der Waals surface area (Å²) < 4.78 is 0. The van der Waals surface area contributed by atoms with E-state index in [-0.39, 0.29) is 11.8 Å². The third kappa shape index (κ3) is 2.41. The van der Waals surface area contributed by atoms with Crippen molar-refractivity contribution >= 4 is 11.6 Å². The Bertz CT molecular complexity index is 500. The number of carbonyl (C=O) groups is 1. The van der Waals surface area contributed by atoms with Crippen molar-refractivity contribution in [2.24, 2.45) is 5.92 Å². The van der Waals surface area contributed by atoms with Gasteiger partial charge in [0.15, 0.2) is 0 Å². The van der Waals surface area contributed by atoms with Crippen molar-refractivity contribution in [1.29, 1.82) is 0 Å². The van der Waals surface area contributed by atoms with Crippen molar-refractivity contribution in [3.05, 3.63) is 28.8 Å². The molecule has 2 aliphatic rings. The smallest absolute Gasteiger partial charge is 0.232 e. The zero-order valence-electron chi connectivity index (χ0n) is 12.0. The molecule has 3 rings (SSSR count). The Morgan fingerprint density at radius 3 is 2.63 bits per heavy atom. The van der Waals surface area contributed by atoms with Crippen LogP contribution in [-0.4, -0.2) is 5.91 Å². The zero-order chi connectivity index (χ0) is 13.4. The minimum atomic E-state index is 0.0942. The number of benzene rings is 1. The molecule has 1 fully saturated rings. The van der Waals surface area contributed by atoms with Gasteiger partial charge in [0, 0.05) is 5.69 Å². The molecule has 1 amide bonds. The molecule has 0 saturated heterocycles. The van der Waals surface area contributed by atoms with E-state index in [9.17, 15) is 4.79 Å². The molecule has 1 N–H and O–H groups in total. The van der Waals surface area contributed by atoms with Gasteiger partial charge in [-0.25, -0.2) is 0 Å². The summed E-state index contributed by atoms with van der Waals surface area (Å²) in [6.07, 6.45) is 7.73. The summed E-state index contributed by atoms with van der Waals surface area (Å²) in [6, 6.07) is 4.36. The number of nitrogens with one attached hydrogen (secondary N) is 1. The molecule has 1 aromatic rings. The van der Waals surface area contributed by atoms with Crippen LogP contribution in [0.25, 0.3) is 0 Å². The Labute approximate surface area is 115 Å². The molecule has 1 aliphatic carbocycles. The van der Waals surface area contributed by atoms with E-state index in [4.69, 9.17) is 0 Å². The lowest BCUT2D eigenvalue weighted by Crippen LogP contribution is -2.17. The van der Waals surface area contributed by atoms with Gasteiger partial charge in [-0.15, -0.1) is 0 Å². The predicted octanol–water partition coefficient (Wildman–Crippen LogP) is 4.31. The Morgan fingerprint density at radius 2 is 1.89 bits per heavy atom. The highest BCUT2D eigenvalue weighted by Gasteiger charge is 2.33. The summed E-state index contributed by atoms with van der Waals surface area (Å²) in [5.74, 6) is 1.06. The molecule has 0 aromatic heterocycles. The van der Waals surface area contributed by atoms with Gasteiger partial charge in [-0.2, -0.15) is 0 Å². The Hall–Kier alpha value is -1.31. The fourth-order valence-electron chi connectivity index (χ4n) is 3.79. The second-order valence-corrected chi connectivity index (χ2v) is 6.33. The van der Waals surface area contributed by atoms with E-state index in [1.54, 1.807) is 0 Å². The van der Waals surface area contributed by atoms with E-state index < -0.39 is 0 Å². The molecule has 1 saturated carbocycles. The second kappa shape index (κ2) is 4.99. The van der Waals surface area contributed by atoms with E-state index in [1.807, 2.05) is 0 Å². The van der Waals surface area contributed by atoms with E-state index in [1.165, 1.54) is 48.8 Å². The largest absolute Gasteiger partial charge is 0.325 e. The van der Waals surface area contributed by atoms with E-state index in [0.717, 1.165) is 18.0 Å². The Kier molecular flexibility index (Phi) is 3.34. The maximum Gasteiger partial charge on any atom is 0.232 e. The normalized spacial score (nSPS) is 23.3. The highest BCUT2D eigenvalue weighted by Crippen LogP contribution is 2.41. The van der Waals surface area contributed by atoms with Crippen molar-refractivity contribution < 1.29 is 4.79 Å². The maximum atomic E-state index is 12.3. The first-order chi connectivity index (χ1) is 9.15. The van der Waals surface area contributed by atoms with Crippen LogP contribution in [0.15, 0.2) is 12.1 Å². The highest BCUT2D eigenvalue weighted by atomic mass is 16.2. The number of aryl methyl sites for hydroxylation is 2. The molecule has 1 atom stereocenters. The first-order valence-electron chi connectivity index (χ1n) is 7.57. The number of fused-ring (bicyclic) bond motifs is 1. The third-order valence-corrected chi connectivity index (χ3v) is 4.74. The van der Waals surface area contributed by atoms with Gasteiger partial charge in [-0.3, -0.25) is 4.79 Å². The van der Waals surface area contributed by atoms with Crippen LogP contribution in [0.3, 0.4) is 0 Å². The molecule has 1 aliphatic heterocycles. The molecule has 19 heavy (non-hydrogen) atoms. The predicted molar refractivity (Wildman–Crippen MR) is 78.5 cm³/mol.